The number of hydrogen-bond acceptors (Lipinski definition) is 3. The van der Waals surface area contributed by atoms with Gasteiger partial charge in [-0.25, -0.2) is 17.5 Å². The topological polar surface area (TPSA) is 59.3 Å². The third kappa shape index (κ3) is 2.88. The van der Waals surface area contributed by atoms with Gasteiger partial charge in [0.25, 0.3) is 0 Å². The minimum absolute atomic E-state index is 0.0110. The smallest absolute Gasteiger partial charge is 0.241 e. The summed E-state index contributed by atoms with van der Waals surface area (Å²) in [6.07, 6.45) is 0. The van der Waals surface area contributed by atoms with Gasteiger partial charge in [0, 0.05) is 5.39 Å². The van der Waals surface area contributed by atoms with Crippen molar-refractivity contribution in [2.75, 3.05) is 0 Å². The molecule has 3 rings (SSSR count). The summed E-state index contributed by atoms with van der Waals surface area (Å²) in [5, 5.41) is 0.908. The van der Waals surface area contributed by atoms with Crippen molar-refractivity contribution < 1.29 is 17.2 Å². The molecule has 0 aliphatic heterocycles. The molecule has 1 N–H and O–H groups in total. The number of hydrogen-bond donors (Lipinski definition) is 1. The molecular formula is C16H14FNO3S. The highest BCUT2D eigenvalue weighted by atomic mass is 32.2. The van der Waals surface area contributed by atoms with E-state index in [4.69, 9.17) is 4.42 Å². The summed E-state index contributed by atoms with van der Waals surface area (Å²) in [6.45, 7) is 1.69. The van der Waals surface area contributed by atoms with Crippen molar-refractivity contribution >= 4 is 21.0 Å². The predicted octanol–water partition coefficient (Wildman–Crippen LogP) is 3.61. The van der Waals surface area contributed by atoms with Crippen LogP contribution in [-0.2, 0) is 10.0 Å². The van der Waals surface area contributed by atoms with Gasteiger partial charge in [-0.3, -0.25) is 0 Å². The lowest BCUT2D eigenvalue weighted by atomic mass is 10.2. The summed E-state index contributed by atoms with van der Waals surface area (Å²) in [7, 11) is -3.74. The van der Waals surface area contributed by atoms with Gasteiger partial charge in [-0.15, -0.1) is 0 Å². The minimum Gasteiger partial charge on any atom is -0.459 e. The molecule has 114 valence electrons. The molecule has 0 aliphatic carbocycles. The van der Waals surface area contributed by atoms with Gasteiger partial charge >= 0.3 is 0 Å². The lowest BCUT2D eigenvalue weighted by Crippen LogP contribution is -2.26. The molecule has 0 saturated carbocycles. The van der Waals surface area contributed by atoms with E-state index in [1.165, 1.54) is 12.1 Å². The van der Waals surface area contributed by atoms with E-state index in [0.717, 1.165) is 17.5 Å². The number of para-hydroxylation sites is 1. The van der Waals surface area contributed by atoms with Crippen LogP contribution in [-0.4, -0.2) is 8.42 Å². The lowest BCUT2D eigenvalue weighted by molar-refractivity contribution is 0.484. The average molecular weight is 319 g/mol. The van der Waals surface area contributed by atoms with Crippen molar-refractivity contribution in [1.29, 1.82) is 0 Å². The summed E-state index contributed by atoms with van der Waals surface area (Å²) in [6, 6.07) is 13.4. The molecule has 3 aromatic rings. The highest BCUT2D eigenvalue weighted by molar-refractivity contribution is 7.89. The van der Waals surface area contributed by atoms with Crippen LogP contribution in [0.4, 0.5) is 4.39 Å². The van der Waals surface area contributed by atoms with E-state index < -0.39 is 21.9 Å². The van der Waals surface area contributed by atoms with Gasteiger partial charge in [-0.2, -0.15) is 0 Å². The first-order valence-electron chi connectivity index (χ1n) is 6.72. The van der Waals surface area contributed by atoms with Crippen LogP contribution in [0.2, 0.25) is 0 Å². The lowest BCUT2D eigenvalue weighted by Gasteiger charge is -2.12. The maximum absolute atomic E-state index is 12.9. The Morgan fingerprint density at radius 3 is 2.45 bits per heavy atom. The Morgan fingerprint density at radius 1 is 1.09 bits per heavy atom. The monoisotopic (exact) mass is 319 g/mol. The van der Waals surface area contributed by atoms with Gasteiger partial charge in [0.2, 0.25) is 10.0 Å². The first-order valence-corrected chi connectivity index (χ1v) is 8.20. The zero-order valence-corrected chi connectivity index (χ0v) is 12.6. The largest absolute Gasteiger partial charge is 0.459 e. The average Bonchev–Trinajstić information content (AvgIpc) is 2.91. The zero-order chi connectivity index (χ0) is 15.7. The number of sulfonamides is 1. The fraction of sp³-hybridized carbons (Fsp3) is 0.125. The van der Waals surface area contributed by atoms with Gasteiger partial charge in [-0.1, -0.05) is 18.2 Å². The number of halogens is 1. The molecular weight excluding hydrogens is 305 g/mol. The standard InChI is InChI=1S/C16H14FNO3S/c1-11(16-10-12-4-2-3-5-15(12)21-16)18-22(19,20)14-8-6-13(17)7-9-14/h2-11,18H,1H3/t11-/m0/s1. The van der Waals surface area contributed by atoms with Crippen LogP contribution >= 0.6 is 0 Å². The van der Waals surface area contributed by atoms with Crippen molar-refractivity contribution in [3.63, 3.8) is 0 Å². The maximum Gasteiger partial charge on any atom is 0.241 e. The molecule has 0 saturated heterocycles. The summed E-state index contributed by atoms with van der Waals surface area (Å²) >= 11 is 0. The molecule has 0 amide bonds. The molecule has 6 heteroatoms. The van der Waals surface area contributed by atoms with E-state index in [2.05, 4.69) is 4.72 Å². The molecule has 1 heterocycles. The highest BCUT2D eigenvalue weighted by Gasteiger charge is 2.20. The molecule has 0 aliphatic rings. The molecule has 22 heavy (non-hydrogen) atoms. The third-order valence-electron chi connectivity index (χ3n) is 3.33. The number of furan rings is 1. The fourth-order valence-electron chi connectivity index (χ4n) is 2.19. The number of benzene rings is 2. The Kier molecular flexibility index (Phi) is 3.72. The number of nitrogens with one attached hydrogen (secondary N) is 1. The van der Waals surface area contributed by atoms with Crippen molar-refractivity contribution in [2.45, 2.75) is 17.9 Å². The maximum atomic E-state index is 12.9. The molecule has 0 unspecified atom stereocenters. The summed E-state index contributed by atoms with van der Waals surface area (Å²) in [4.78, 5) is 0.0110. The molecule has 4 nitrogen and oxygen atoms in total. The van der Waals surface area contributed by atoms with Gasteiger partial charge in [0.15, 0.2) is 0 Å². The van der Waals surface area contributed by atoms with Gasteiger partial charge in [0.1, 0.15) is 17.2 Å². The van der Waals surface area contributed by atoms with Crippen molar-refractivity contribution in [2.24, 2.45) is 0 Å². The van der Waals surface area contributed by atoms with Gasteiger partial charge in [-0.05, 0) is 43.3 Å². The summed E-state index contributed by atoms with van der Waals surface area (Å²) < 4.78 is 45.6. The first kappa shape index (κ1) is 14.7. The quantitative estimate of drug-likeness (QED) is 0.799. The molecule has 2 aromatic carbocycles. The molecule has 0 bridgehead atoms. The fourth-order valence-corrected chi connectivity index (χ4v) is 3.40. The van der Waals surface area contributed by atoms with Crippen LogP contribution in [0.25, 0.3) is 11.0 Å². The highest BCUT2D eigenvalue weighted by Crippen LogP contribution is 2.24. The number of rotatable bonds is 4. The Morgan fingerprint density at radius 2 is 1.77 bits per heavy atom. The first-order chi connectivity index (χ1) is 10.5. The van der Waals surface area contributed by atoms with Crippen LogP contribution in [0.1, 0.15) is 18.7 Å². The Labute approximate surface area is 127 Å². The van der Waals surface area contributed by atoms with Crippen LogP contribution in [0.15, 0.2) is 63.9 Å². The predicted molar refractivity (Wildman–Crippen MR) is 81.4 cm³/mol. The van der Waals surface area contributed by atoms with E-state index in [0.29, 0.717) is 11.3 Å². The molecule has 1 aromatic heterocycles. The summed E-state index contributed by atoms with van der Waals surface area (Å²) in [5.41, 5.74) is 0.699. The summed E-state index contributed by atoms with van der Waals surface area (Å²) in [5.74, 6) is 0.0381. The Hall–Kier alpha value is -2.18. The molecule has 0 fully saturated rings. The molecule has 1 atom stereocenters. The van der Waals surface area contributed by atoms with Crippen molar-refractivity contribution in [3.05, 3.63) is 66.2 Å². The van der Waals surface area contributed by atoms with Crippen LogP contribution < -0.4 is 4.72 Å². The second-order valence-electron chi connectivity index (χ2n) is 4.98. The van der Waals surface area contributed by atoms with Gasteiger partial charge in [0.05, 0.1) is 10.9 Å². The molecule has 0 radical (unpaired) electrons. The van der Waals surface area contributed by atoms with E-state index in [-0.39, 0.29) is 4.90 Å². The second kappa shape index (κ2) is 5.55. The van der Waals surface area contributed by atoms with Crippen molar-refractivity contribution in [3.8, 4) is 0 Å². The van der Waals surface area contributed by atoms with E-state index >= 15 is 0 Å². The Balaban J connectivity index is 1.86. The SMILES string of the molecule is C[C@H](NS(=O)(=O)c1ccc(F)cc1)c1cc2ccccc2o1. The van der Waals surface area contributed by atoms with Crippen LogP contribution in [0.5, 0.6) is 0 Å². The molecule has 0 spiro atoms. The Bertz CT molecular complexity index is 868. The van der Waals surface area contributed by atoms with Crippen LogP contribution in [0, 0.1) is 5.82 Å². The second-order valence-corrected chi connectivity index (χ2v) is 6.70. The van der Waals surface area contributed by atoms with Gasteiger partial charge < -0.3 is 4.42 Å². The van der Waals surface area contributed by atoms with Crippen molar-refractivity contribution in [1.82, 2.24) is 4.72 Å². The minimum atomic E-state index is -3.74. The van der Waals surface area contributed by atoms with E-state index in [9.17, 15) is 12.8 Å². The normalized spacial score (nSPS) is 13.4. The number of fused-ring (bicyclic) bond motifs is 1. The zero-order valence-electron chi connectivity index (χ0n) is 11.8. The van der Waals surface area contributed by atoms with E-state index in [1.807, 2.05) is 24.3 Å². The van der Waals surface area contributed by atoms with Crippen LogP contribution in [0.3, 0.4) is 0 Å². The third-order valence-corrected chi connectivity index (χ3v) is 4.88. The van der Waals surface area contributed by atoms with E-state index in [1.54, 1.807) is 13.0 Å².